The Kier molecular flexibility index (Phi) is 8.49. The third kappa shape index (κ3) is 6.51. The van der Waals surface area contributed by atoms with Crippen LogP contribution in [-0.4, -0.2) is 80.7 Å². The fraction of sp³-hybridized carbons (Fsp3) is 0.250. The molecule has 10 nitrogen and oxygen atoms in total. The molecule has 4 aromatic rings. The molecule has 0 bridgehead atoms. The summed E-state index contributed by atoms with van der Waals surface area (Å²) in [6.07, 6.45) is -5.08. The lowest BCUT2D eigenvalue weighted by Gasteiger charge is -2.12. The summed E-state index contributed by atoms with van der Waals surface area (Å²) in [7, 11) is 1.71. The molecule has 1 heterocycles. The predicted octanol–water partition coefficient (Wildman–Crippen LogP) is 2.77. The molecule has 0 aliphatic heterocycles. The number of carboxylic acids is 1. The van der Waals surface area contributed by atoms with Crippen molar-refractivity contribution in [3.63, 3.8) is 0 Å². The Morgan fingerprint density at radius 3 is 2.26 bits per heavy atom. The van der Waals surface area contributed by atoms with Crippen LogP contribution in [0.2, 0.25) is 0 Å². The van der Waals surface area contributed by atoms with E-state index >= 15 is 0 Å². The Balaban J connectivity index is 0.000000505. The van der Waals surface area contributed by atoms with Gasteiger partial charge in [-0.3, -0.25) is 4.79 Å². The molecule has 0 aliphatic carbocycles. The Labute approximate surface area is 215 Å². The second-order valence-corrected chi connectivity index (χ2v) is 10.2. The molecule has 0 atom stereocenters. The van der Waals surface area contributed by atoms with Crippen LogP contribution in [0.4, 0.5) is 13.2 Å². The molecule has 0 aliphatic rings. The maximum Gasteiger partial charge on any atom is 0.490 e. The highest BCUT2D eigenvalue weighted by Gasteiger charge is 2.38. The van der Waals surface area contributed by atoms with Crippen LogP contribution in [0.3, 0.4) is 0 Å². The van der Waals surface area contributed by atoms with Gasteiger partial charge in [0, 0.05) is 18.5 Å². The lowest BCUT2D eigenvalue weighted by molar-refractivity contribution is -0.192. The van der Waals surface area contributed by atoms with Gasteiger partial charge in [0.25, 0.3) is 5.91 Å². The zero-order valence-electron chi connectivity index (χ0n) is 20.5. The summed E-state index contributed by atoms with van der Waals surface area (Å²) in [6.45, 7) is 1.25. The monoisotopic (exact) mass is 551 g/mol. The van der Waals surface area contributed by atoms with E-state index in [0.717, 1.165) is 17.3 Å². The first-order valence-electron chi connectivity index (χ1n) is 11.0. The quantitative estimate of drug-likeness (QED) is 0.245. The SMILES string of the molecule is CNS(=O)(=O)c1ccc2c(ccc3nc4cccc(C(=O)NCCN(C)C)c4nc32)c1.O=C(O)C(F)(F)F. The second-order valence-electron chi connectivity index (χ2n) is 8.28. The number of sulfonamides is 1. The number of halogens is 3. The van der Waals surface area contributed by atoms with Gasteiger partial charge in [-0.15, -0.1) is 0 Å². The number of nitrogens with one attached hydrogen (secondary N) is 2. The highest BCUT2D eigenvalue weighted by molar-refractivity contribution is 7.89. The number of likely N-dealkylation sites (N-methyl/N-ethyl adjacent to an activating group) is 1. The number of carbonyl (C=O) groups is 2. The first kappa shape index (κ1) is 28.7. The van der Waals surface area contributed by atoms with Crippen LogP contribution in [0, 0.1) is 0 Å². The second kappa shape index (κ2) is 11.2. The number of rotatable bonds is 6. The molecule has 3 N–H and O–H groups in total. The van der Waals surface area contributed by atoms with Crippen molar-refractivity contribution >= 4 is 54.7 Å². The lowest BCUT2D eigenvalue weighted by atomic mass is 10.1. The molecule has 0 radical (unpaired) electrons. The molecular weight excluding hydrogens is 527 g/mol. The lowest BCUT2D eigenvalue weighted by Crippen LogP contribution is -2.31. The van der Waals surface area contributed by atoms with Crippen molar-refractivity contribution in [3.05, 3.63) is 54.1 Å². The number of nitrogens with zero attached hydrogens (tertiary/aromatic N) is 3. The van der Waals surface area contributed by atoms with Crippen molar-refractivity contribution in [2.45, 2.75) is 11.1 Å². The topological polar surface area (TPSA) is 142 Å². The largest absolute Gasteiger partial charge is 0.490 e. The summed E-state index contributed by atoms with van der Waals surface area (Å²) in [5.41, 5.74) is 2.89. The standard InChI is InChI=1S/C22H23N5O3S.C2HF3O2/c1-23-31(29,30)15-8-9-16-14(13-15)7-10-19-20(16)26-21-17(5-4-6-18(21)25-19)22(28)24-11-12-27(2)3;3-2(4,5)1(6)7/h4-10,13,23H,11-12H2,1-3H3,(H,24,28);(H,6,7). The van der Waals surface area contributed by atoms with Gasteiger partial charge in [-0.05, 0) is 56.9 Å². The number of alkyl halides is 3. The van der Waals surface area contributed by atoms with E-state index < -0.39 is 22.2 Å². The van der Waals surface area contributed by atoms with E-state index in [1.165, 1.54) is 7.05 Å². The van der Waals surface area contributed by atoms with E-state index in [1.807, 2.05) is 37.2 Å². The fourth-order valence-corrected chi connectivity index (χ4v) is 4.19. The zero-order chi connectivity index (χ0) is 28.3. The van der Waals surface area contributed by atoms with E-state index in [-0.39, 0.29) is 10.8 Å². The van der Waals surface area contributed by atoms with Gasteiger partial charge < -0.3 is 15.3 Å². The van der Waals surface area contributed by atoms with Crippen molar-refractivity contribution in [1.82, 2.24) is 24.9 Å². The molecule has 0 spiro atoms. The average Bonchev–Trinajstić information content (AvgIpc) is 2.86. The van der Waals surface area contributed by atoms with Gasteiger partial charge in [0.2, 0.25) is 10.0 Å². The van der Waals surface area contributed by atoms with Gasteiger partial charge in [0.1, 0.15) is 5.52 Å². The number of fused-ring (bicyclic) bond motifs is 4. The first-order chi connectivity index (χ1) is 17.7. The summed E-state index contributed by atoms with van der Waals surface area (Å²) in [6, 6.07) is 13.9. The summed E-state index contributed by atoms with van der Waals surface area (Å²) >= 11 is 0. The maximum atomic E-state index is 12.8. The van der Waals surface area contributed by atoms with E-state index in [4.69, 9.17) is 14.9 Å². The molecule has 14 heteroatoms. The average molecular weight is 552 g/mol. The molecule has 1 amide bonds. The molecule has 0 fully saturated rings. The number of aromatic nitrogens is 2. The molecule has 0 unspecified atom stereocenters. The third-order valence-corrected chi connectivity index (χ3v) is 6.74. The summed E-state index contributed by atoms with van der Waals surface area (Å²) in [5.74, 6) is -2.96. The highest BCUT2D eigenvalue weighted by Crippen LogP contribution is 2.28. The Morgan fingerprint density at radius 2 is 1.66 bits per heavy atom. The number of aliphatic carboxylic acids is 1. The molecular formula is C24H24F3N5O5S. The van der Waals surface area contributed by atoms with Gasteiger partial charge in [-0.1, -0.05) is 18.2 Å². The van der Waals surface area contributed by atoms with Gasteiger partial charge in [0.05, 0.1) is 27.0 Å². The number of hydrogen-bond acceptors (Lipinski definition) is 7. The van der Waals surface area contributed by atoms with Crippen LogP contribution >= 0.6 is 0 Å². The minimum atomic E-state index is -5.08. The number of amides is 1. The van der Waals surface area contributed by atoms with E-state index in [0.29, 0.717) is 34.2 Å². The number of carboxylic acid groups (broad SMARTS) is 1. The molecule has 1 aromatic heterocycles. The smallest absolute Gasteiger partial charge is 0.475 e. The molecule has 38 heavy (non-hydrogen) atoms. The van der Waals surface area contributed by atoms with Crippen molar-refractivity contribution < 1.29 is 36.3 Å². The predicted molar refractivity (Wildman–Crippen MR) is 135 cm³/mol. The third-order valence-electron chi connectivity index (χ3n) is 5.33. The van der Waals surface area contributed by atoms with Gasteiger partial charge in [-0.25, -0.2) is 27.9 Å². The van der Waals surface area contributed by atoms with Crippen LogP contribution in [0.15, 0.2) is 53.4 Å². The molecule has 0 saturated carbocycles. The Hall–Kier alpha value is -3.88. The van der Waals surface area contributed by atoms with Crippen LogP contribution in [0.1, 0.15) is 10.4 Å². The number of hydrogen-bond donors (Lipinski definition) is 3. The highest BCUT2D eigenvalue weighted by atomic mass is 32.2. The summed E-state index contributed by atoms with van der Waals surface area (Å²) in [4.78, 5) is 33.3. The van der Waals surface area contributed by atoms with Crippen molar-refractivity contribution in [2.24, 2.45) is 0 Å². The van der Waals surface area contributed by atoms with Crippen molar-refractivity contribution in [3.8, 4) is 0 Å². The Bertz CT molecular complexity index is 1630. The van der Waals surface area contributed by atoms with Gasteiger partial charge >= 0.3 is 12.1 Å². The molecule has 202 valence electrons. The molecule has 3 aromatic carbocycles. The fourth-order valence-electron chi connectivity index (χ4n) is 3.42. The minimum absolute atomic E-state index is 0.177. The van der Waals surface area contributed by atoms with Crippen LogP contribution in [-0.2, 0) is 14.8 Å². The number of para-hydroxylation sites is 1. The van der Waals surface area contributed by atoms with Gasteiger partial charge in [-0.2, -0.15) is 13.2 Å². The van der Waals surface area contributed by atoms with Crippen LogP contribution in [0.5, 0.6) is 0 Å². The number of carbonyl (C=O) groups excluding carboxylic acids is 1. The van der Waals surface area contributed by atoms with Gasteiger partial charge in [0.15, 0.2) is 0 Å². The molecule has 4 rings (SSSR count). The van der Waals surface area contributed by atoms with Crippen molar-refractivity contribution in [1.29, 1.82) is 0 Å². The normalized spacial score (nSPS) is 12.0. The first-order valence-corrected chi connectivity index (χ1v) is 12.5. The summed E-state index contributed by atoms with van der Waals surface area (Å²) < 4.78 is 58.3. The van der Waals surface area contributed by atoms with E-state index in [9.17, 15) is 26.4 Å². The minimum Gasteiger partial charge on any atom is -0.475 e. The Morgan fingerprint density at radius 1 is 1.00 bits per heavy atom. The molecule has 0 saturated heterocycles. The number of benzene rings is 3. The van der Waals surface area contributed by atoms with E-state index in [1.54, 1.807) is 30.3 Å². The maximum absolute atomic E-state index is 12.8. The van der Waals surface area contributed by atoms with E-state index in [2.05, 4.69) is 15.0 Å². The van der Waals surface area contributed by atoms with Crippen LogP contribution < -0.4 is 10.0 Å². The van der Waals surface area contributed by atoms with Crippen molar-refractivity contribution in [2.75, 3.05) is 34.2 Å². The van der Waals surface area contributed by atoms with Crippen LogP contribution in [0.25, 0.3) is 32.8 Å². The summed E-state index contributed by atoms with van der Waals surface area (Å²) in [5, 5.41) is 11.5. The zero-order valence-corrected chi connectivity index (χ0v) is 21.3.